The largest absolute Gasteiger partial charge is 0.347 e. The summed E-state index contributed by atoms with van der Waals surface area (Å²) in [6.45, 7) is 0. The van der Waals surface area contributed by atoms with Gasteiger partial charge in [-0.25, -0.2) is 32.6 Å². The van der Waals surface area contributed by atoms with E-state index in [4.69, 9.17) is 0 Å². The SMILES string of the molecule is CN(C)C(=O)C1Cc2cccnc2N1S(=O)(=O)NC(=O)N[C@H](Cc1cc(F)cc(F)c1)C(=O)N(C)c1ccc2scnc2c1. The molecule has 0 spiro atoms. The third-order valence-corrected chi connectivity index (χ3v) is 9.18. The Bertz CT molecular complexity index is 1850. The van der Waals surface area contributed by atoms with E-state index in [2.05, 4.69) is 15.3 Å². The van der Waals surface area contributed by atoms with Crippen LogP contribution in [0.15, 0.2) is 60.2 Å². The zero-order valence-corrected chi connectivity index (χ0v) is 25.3. The lowest BCUT2D eigenvalue weighted by atomic mass is 10.0. The number of nitrogens with one attached hydrogen (secondary N) is 2. The minimum Gasteiger partial charge on any atom is -0.347 e. The van der Waals surface area contributed by atoms with Crippen molar-refractivity contribution in [3.63, 3.8) is 0 Å². The van der Waals surface area contributed by atoms with Crippen molar-refractivity contribution in [3.8, 4) is 0 Å². The van der Waals surface area contributed by atoms with Gasteiger partial charge in [-0.1, -0.05) is 6.07 Å². The fraction of sp³-hybridized carbons (Fsp3) is 0.250. The number of hydrogen-bond donors (Lipinski definition) is 2. The Morgan fingerprint density at radius 3 is 2.50 bits per heavy atom. The number of nitrogens with zero attached hydrogens (tertiary/aromatic N) is 5. The van der Waals surface area contributed by atoms with E-state index in [0.29, 0.717) is 22.8 Å². The first-order valence-corrected chi connectivity index (χ1v) is 15.5. The molecule has 0 saturated carbocycles. The van der Waals surface area contributed by atoms with Crippen LogP contribution in [0.3, 0.4) is 0 Å². The predicted molar refractivity (Wildman–Crippen MR) is 160 cm³/mol. The number of benzene rings is 2. The molecule has 12 nitrogen and oxygen atoms in total. The number of carbonyl (C=O) groups excluding carboxylic acids is 3. The van der Waals surface area contributed by atoms with E-state index in [1.165, 1.54) is 48.5 Å². The Morgan fingerprint density at radius 2 is 1.80 bits per heavy atom. The van der Waals surface area contributed by atoms with Crippen LogP contribution in [0, 0.1) is 11.6 Å². The van der Waals surface area contributed by atoms with Crippen LogP contribution in [0.25, 0.3) is 10.2 Å². The van der Waals surface area contributed by atoms with Crippen molar-refractivity contribution in [2.45, 2.75) is 24.9 Å². The highest BCUT2D eigenvalue weighted by atomic mass is 32.2. The van der Waals surface area contributed by atoms with Crippen LogP contribution in [0.5, 0.6) is 0 Å². The quantitative estimate of drug-likeness (QED) is 0.300. The van der Waals surface area contributed by atoms with Crippen molar-refractivity contribution in [2.24, 2.45) is 0 Å². The van der Waals surface area contributed by atoms with E-state index in [-0.39, 0.29) is 24.2 Å². The monoisotopic (exact) mass is 643 g/mol. The summed E-state index contributed by atoms with van der Waals surface area (Å²) in [5.41, 5.74) is 3.23. The number of carbonyl (C=O) groups is 3. The second kappa shape index (κ2) is 12.1. The zero-order valence-electron chi connectivity index (χ0n) is 23.7. The van der Waals surface area contributed by atoms with Crippen LogP contribution in [-0.4, -0.2) is 74.4 Å². The topological polar surface area (TPSA) is 145 Å². The first-order chi connectivity index (χ1) is 20.8. The summed E-state index contributed by atoms with van der Waals surface area (Å²) in [4.78, 5) is 50.6. The highest BCUT2D eigenvalue weighted by Crippen LogP contribution is 2.32. The van der Waals surface area contributed by atoms with Gasteiger partial charge in [0.2, 0.25) is 11.8 Å². The molecule has 0 saturated heterocycles. The predicted octanol–water partition coefficient (Wildman–Crippen LogP) is 2.61. The summed E-state index contributed by atoms with van der Waals surface area (Å²) in [5, 5.41) is 2.34. The summed E-state index contributed by atoms with van der Waals surface area (Å²) < 4.78 is 58.6. The maximum atomic E-state index is 14.0. The molecule has 3 heterocycles. The Labute approximate surface area is 255 Å². The molecule has 4 aromatic rings. The van der Waals surface area contributed by atoms with E-state index < -0.39 is 51.8 Å². The van der Waals surface area contributed by atoms with Crippen molar-refractivity contribution in [1.29, 1.82) is 0 Å². The lowest BCUT2D eigenvalue weighted by molar-refractivity contribution is -0.129. The van der Waals surface area contributed by atoms with Gasteiger partial charge >= 0.3 is 16.2 Å². The van der Waals surface area contributed by atoms with E-state index in [0.717, 1.165) is 21.1 Å². The van der Waals surface area contributed by atoms with Crippen molar-refractivity contribution in [1.82, 2.24) is 24.9 Å². The van der Waals surface area contributed by atoms with Gasteiger partial charge in [-0.2, -0.15) is 8.42 Å². The lowest BCUT2D eigenvalue weighted by Gasteiger charge is -2.28. The number of hydrogen-bond acceptors (Lipinski definition) is 8. The third kappa shape index (κ3) is 6.30. The van der Waals surface area contributed by atoms with Gasteiger partial charge in [0.25, 0.3) is 0 Å². The van der Waals surface area contributed by atoms with Crippen LogP contribution in [-0.2, 0) is 32.6 Å². The van der Waals surface area contributed by atoms with Crippen LogP contribution in [0.1, 0.15) is 11.1 Å². The molecule has 16 heteroatoms. The molecule has 1 aliphatic rings. The first-order valence-electron chi connectivity index (χ1n) is 13.2. The molecule has 4 amide bonds. The Kier molecular flexibility index (Phi) is 8.47. The molecular weight excluding hydrogens is 616 g/mol. The van der Waals surface area contributed by atoms with Crippen LogP contribution < -0.4 is 19.2 Å². The average Bonchev–Trinajstić information content (AvgIpc) is 3.59. The number of pyridine rings is 1. The summed E-state index contributed by atoms with van der Waals surface area (Å²) in [5.74, 6) is -3.04. The van der Waals surface area contributed by atoms with Gasteiger partial charge in [0.1, 0.15) is 29.5 Å². The number of thiazole rings is 1. The number of fused-ring (bicyclic) bond motifs is 2. The molecule has 1 unspecified atom stereocenters. The van der Waals surface area contributed by atoms with Gasteiger partial charge in [0.15, 0.2) is 0 Å². The number of anilines is 2. The summed E-state index contributed by atoms with van der Waals surface area (Å²) in [6.07, 6.45) is 1.01. The maximum Gasteiger partial charge on any atom is 0.330 e. The zero-order chi connectivity index (χ0) is 31.8. The van der Waals surface area contributed by atoms with Crippen LogP contribution in [0.2, 0.25) is 0 Å². The van der Waals surface area contributed by atoms with E-state index in [1.54, 1.807) is 35.8 Å². The number of aromatic nitrogens is 2. The molecule has 0 radical (unpaired) electrons. The van der Waals surface area contributed by atoms with E-state index in [1.807, 2.05) is 4.72 Å². The molecule has 2 N–H and O–H groups in total. The minimum absolute atomic E-state index is 0.0203. The summed E-state index contributed by atoms with van der Waals surface area (Å²) >= 11 is 1.41. The Hall–Kier alpha value is -4.70. The van der Waals surface area contributed by atoms with Crippen LogP contribution >= 0.6 is 11.3 Å². The first kappa shape index (κ1) is 30.7. The molecule has 2 aromatic heterocycles. The normalized spacial score (nSPS) is 15.0. The maximum absolute atomic E-state index is 14.0. The highest BCUT2D eigenvalue weighted by molar-refractivity contribution is 7.91. The second-order valence-corrected chi connectivity index (χ2v) is 12.7. The smallest absolute Gasteiger partial charge is 0.330 e. The molecule has 0 aliphatic carbocycles. The number of likely N-dealkylation sites (N-methyl/N-ethyl adjacent to an activating group) is 2. The number of urea groups is 1. The van der Waals surface area contributed by atoms with Crippen molar-refractivity contribution >= 4 is 61.1 Å². The molecule has 230 valence electrons. The van der Waals surface area contributed by atoms with Crippen LogP contribution in [0.4, 0.5) is 25.1 Å². The van der Waals surface area contributed by atoms with Gasteiger partial charge in [0, 0.05) is 51.9 Å². The highest BCUT2D eigenvalue weighted by Gasteiger charge is 2.44. The molecule has 2 aromatic carbocycles. The number of rotatable bonds is 8. The number of amides is 4. The fourth-order valence-corrected chi connectivity index (χ4v) is 6.87. The van der Waals surface area contributed by atoms with E-state index >= 15 is 0 Å². The fourth-order valence-electron chi connectivity index (χ4n) is 4.93. The van der Waals surface area contributed by atoms with Crippen molar-refractivity contribution in [3.05, 3.63) is 83.0 Å². The van der Waals surface area contributed by atoms with Gasteiger partial charge < -0.3 is 15.1 Å². The Balaban J connectivity index is 1.42. The van der Waals surface area contributed by atoms with E-state index in [9.17, 15) is 31.6 Å². The van der Waals surface area contributed by atoms with Gasteiger partial charge in [-0.15, -0.1) is 11.3 Å². The Morgan fingerprint density at radius 1 is 1.07 bits per heavy atom. The molecule has 44 heavy (non-hydrogen) atoms. The molecule has 5 rings (SSSR count). The lowest BCUT2D eigenvalue weighted by Crippen LogP contribution is -2.57. The molecule has 2 atom stereocenters. The molecular formula is C28H27F2N7O5S2. The molecule has 0 bridgehead atoms. The third-order valence-electron chi connectivity index (χ3n) is 6.98. The average molecular weight is 644 g/mol. The minimum atomic E-state index is -4.74. The van der Waals surface area contributed by atoms with Gasteiger partial charge in [0.05, 0.1) is 15.7 Å². The molecule has 1 aliphatic heterocycles. The standard InChI is InChI=1S/C28H27F2N7O5S2/c1-35(2)27(39)23-12-17-5-4-8-31-25(17)37(23)44(41,42)34-28(40)33-22(11-16-9-18(29)13-19(30)10-16)26(38)36(3)20-6-7-24-21(14-20)32-15-43-24/h4-10,13-15,22-23H,11-12H2,1-3H3,(H2,33,34,40)/t22-,23?/m1/s1. The van der Waals surface area contributed by atoms with Gasteiger partial charge in [-0.3, -0.25) is 9.59 Å². The molecule has 0 fully saturated rings. The van der Waals surface area contributed by atoms with Crippen molar-refractivity contribution < 1.29 is 31.6 Å². The van der Waals surface area contributed by atoms with Gasteiger partial charge in [-0.05, 0) is 47.5 Å². The van der Waals surface area contributed by atoms with Crippen molar-refractivity contribution in [2.75, 3.05) is 30.3 Å². The summed E-state index contributed by atoms with van der Waals surface area (Å²) in [6, 6.07) is 7.01. The summed E-state index contributed by atoms with van der Waals surface area (Å²) in [7, 11) is -0.359. The number of halogens is 2. The second-order valence-electron chi connectivity index (χ2n) is 10.3.